The monoisotopic (exact) mass is 311 g/mol. The van der Waals surface area contributed by atoms with Gasteiger partial charge in [-0.05, 0) is 6.26 Å². The Morgan fingerprint density at radius 2 is 1.95 bits per heavy atom. The summed E-state index contributed by atoms with van der Waals surface area (Å²) in [4.78, 5) is 14.7. The fourth-order valence-electron chi connectivity index (χ4n) is 1.74. The van der Waals surface area contributed by atoms with Crippen molar-refractivity contribution in [2.45, 2.75) is 5.16 Å². The molecule has 0 radical (unpaired) electrons. The van der Waals surface area contributed by atoms with Crippen LogP contribution in [0.1, 0.15) is 0 Å². The molecule has 0 amide bonds. The summed E-state index contributed by atoms with van der Waals surface area (Å²) in [5.41, 5.74) is 5.71. The number of nitrogens with two attached hydrogens (primary N) is 1. The van der Waals surface area contributed by atoms with Gasteiger partial charge in [0.1, 0.15) is 0 Å². The number of nitrogen functional groups attached to an aromatic ring is 1. The molecular formula is C11H13N5O4S. The first kappa shape index (κ1) is 14.9. The van der Waals surface area contributed by atoms with Crippen molar-refractivity contribution in [1.82, 2.24) is 14.8 Å². The lowest BCUT2D eigenvalue weighted by Crippen LogP contribution is -2.07. The molecule has 2 N–H and O–H groups in total. The van der Waals surface area contributed by atoms with Gasteiger partial charge >= 0.3 is 0 Å². The van der Waals surface area contributed by atoms with Crippen LogP contribution in [-0.4, -0.2) is 40.2 Å². The molecule has 2 aromatic rings. The minimum atomic E-state index is -0.544. The van der Waals surface area contributed by atoms with Gasteiger partial charge in [-0.2, -0.15) is 9.67 Å². The molecule has 9 nitrogen and oxygen atoms in total. The molecule has 21 heavy (non-hydrogen) atoms. The third-order valence-electron chi connectivity index (χ3n) is 2.70. The molecule has 0 aliphatic heterocycles. The lowest BCUT2D eigenvalue weighted by molar-refractivity contribution is -0.384. The number of nitrogens with zero attached hydrogens (tertiary/aromatic N) is 4. The van der Waals surface area contributed by atoms with Crippen LogP contribution in [0.15, 0.2) is 17.3 Å². The fourth-order valence-corrected chi connectivity index (χ4v) is 2.09. The third kappa shape index (κ3) is 2.70. The standard InChI is InChI=1S/C11H13N5O4S/c1-19-8-4-6(7(16(17)18)5-9(8)20-2)15-10(12)13-11(14-15)21-3/h4-5H,1-3H3,(H2,12,13,14). The second-order valence-corrected chi connectivity index (χ2v) is 4.59. The Kier molecular flexibility index (Phi) is 4.17. The number of anilines is 1. The van der Waals surface area contributed by atoms with Crippen LogP contribution < -0.4 is 15.2 Å². The zero-order chi connectivity index (χ0) is 15.6. The number of hydrogen-bond donors (Lipinski definition) is 1. The van der Waals surface area contributed by atoms with E-state index in [9.17, 15) is 10.1 Å². The van der Waals surface area contributed by atoms with E-state index in [-0.39, 0.29) is 23.1 Å². The van der Waals surface area contributed by atoms with E-state index in [0.29, 0.717) is 10.9 Å². The molecule has 112 valence electrons. The highest BCUT2D eigenvalue weighted by Gasteiger charge is 2.23. The number of thioether (sulfide) groups is 1. The number of aromatic nitrogens is 3. The van der Waals surface area contributed by atoms with Crippen LogP contribution >= 0.6 is 11.8 Å². The number of benzene rings is 1. The lowest BCUT2D eigenvalue weighted by Gasteiger charge is -2.10. The van der Waals surface area contributed by atoms with Crippen LogP contribution in [0.3, 0.4) is 0 Å². The predicted molar refractivity (Wildman–Crippen MR) is 77.3 cm³/mol. The molecule has 0 aliphatic rings. The zero-order valence-electron chi connectivity index (χ0n) is 11.6. The van der Waals surface area contributed by atoms with E-state index in [1.54, 1.807) is 6.26 Å². The topological polar surface area (TPSA) is 118 Å². The minimum Gasteiger partial charge on any atom is -0.493 e. The minimum absolute atomic E-state index is 0.0506. The van der Waals surface area contributed by atoms with Gasteiger partial charge in [0.05, 0.1) is 25.2 Å². The fraction of sp³-hybridized carbons (Fsp3) is 0.273. The molecule has 2 rings (SSSR count). The van der Waals surface area contributed by atoms with Crippen LogP contribution in [0.2, 0.25) is 0 Å². The van der Waals surface area contributed by atoms with E-state index in [2.05, 4.69) is 10.1 Å². The SMILES string of the molecule is COc1cc(-n2nc(SC)nc2N)c([N+](=O)[O-])cc1OC. The molecule has 0 spiro atoms. The molecule has 1 heterocycles. The van der Waals surface area contributed by atoms with Crippen molar-refractivity contribution in [1.29, 1.82) is 0 Å². The van der Waals surface area contributed by atoms with Gasteiger partial charge in [-0.15, -0.1) is 5.10 Å². The summed E-state index contributed by atoms with van der Waals surface area (Å²) in [6, 6.07) is 2.69. The van der Waals surface area contributed by atoms with Gasteiger partial charge in [0.15, 0.2) is 17.2 Å². The lowest BCUT2D eigenvalue weighted by atomic mass is 10.2. The number of methoxy groups -OCH3 is 2. The van der Waals surface area contributed by atoms with Gasteiger partial charge in [-0.1, -0.05) is 11.8 Å². The van der Waals surface area contributed by atoms with E-state index in [1.165, 1.54) is 42.8 Å². The summed E-state index contributed by atoms with van der Waals surface area (Å²) in [5, 5.41) is 15.8. The number of nitro groups is 1. The quantitative estimate of drug-likeness (QED) is 0.501. The van der Waals surface area contributed by atoms with Crippen molar-refractivity contribution in [3.8, 4) is 17.2 Å². The van der Waals surface area contributed by atoms with Gasteiger partial charge in [-0.25, -0.2) is 0 Å². The van der Waals surface area contributed by atoms with E-state index >= 15 is 0 Å². The molecule has 0 unspecified atom stereocenters. The predicted octanol–water partition coefficient (Wildman–Crippen LogP) is 1.50. The second-order valence-electron chi connectivity index (χ2n) is 3.82. The molecule has 0 aliphatic carbocycles. The molecule has 0 saturated heterocycles. The molecule has 0 fully saturated rings. The van der Waals surface area contributed by atoms with Crippen molar-refractivity contribution in [3.05, 3.63) is 22.2 Å². The smallest absolute Gasteiger partial charge is 0.299 e. The van der Waals surface area contributed by atoms with E-state index < -0.39 is 4.92 Å². The Morgan fingerprint density at radius 3 is 2.43 bits per heavy atom. The summed E-state index contributed by atoms with van der Waals surface area (Å²) in [6.07, 6.45) is 1.78. The van der Waals surface area contributed by atoms with Crippen molar-refractivity contribution < 1.29 is 14.4 Å². The maximum Gasteiger partial charge on any atom is 0.299 e. The van der Waals surface area contributed by atoms with Gasteiger partial charge in [0.25, 0.3) is 5.69 Å². The van der Waals surface area contributed by atoms with E-state index in [0.717, 1.165) is 0 Å². The van der Waals surface area contributed by atoms with Crippen molar-refractivity contribution in [3.63, 3.8) is 0 Å². The average Bonchev–Trinajstić information content (AvgIpc) is 2.86. The zero-order valence-corrected chi connectivity index (χ0v) is 12.4. The van der Waals surface area contributed by atoms with Crippen molar-refractivity contribution >= 4 is 23.4 Å². The Hall–Kier alpha value is -2.49. The van der Waals surface area contributed by atoms with Gasteiger partial charge in [0, 0.05) is 6.07 Å². The van der Waals surface area contributed by atoms with Crippen molar-refractivity contribution in [2.24, 2.45) is 0 Å². The number of rotatable bonds is 5. The average molecular weight is 311 g/mol. The van der Waals surface area contributed by atoms with Crippen molar-refractivity contribution in [2.75, 3.05) is 26.2 Å². The van der Waals surface area contributed by atoms with Gasteiger partial charge in [0.2, 0.25) is 11.1 Å². The summed E-state index contributed by atoms with van der Waals surface area (Å²) in [7, 11) is 2.84. The number of hydrogen-bond acceptors (Lipinski definition) is 8. The third-order valence-corrected chi connectivity index (χ3v) is 3.24. The first-order valence-electron chi connectivity index (χ1n) is 5.69. The summed E-state index contributed by atoms with van der Waals surface area (Å²) in [6.45, 7) is 0. The molecule has 0 saturated carbocycles. The second kappa shape index (κ2) is 5.87. The molecule has 1 aromatic carbocycles. The van der Waals surface area contributed by atoms with Crippen LogP contribution in [0.25, 0.3) is 5.69 Å². The van der Waals surface area contributed by atoms with Gasteiger partial charge < -0.3 is 15.2 Å². The highest BCUT2D eigenvalue weighted by atomic mass is 32.2. The Labute approximate surface area is 124 Å². The molecule has 10 heteroatoms. The van der Waals surface area contributed by atoms with E-state index in [4.69, 9.17) is 15.2 Å². The van der Waals surface area contributed by atoms with Crippen LogP contribution in [0.5, 0.6) is 11.5 Å². The first-order valence-corrected chi connectivity index (χ1v) is 6.91. The van der Waals surface area contributed by atoms with Gasteiger partial charge in [-0.3, -0.25) is 10.1 Å². The maximum atomic E-state index is 11.3. The number of ether oxygens (including phenoxy) is 2. The maximum absolute atomic E-state index is 11.3. The van der Waals surface area contributed by atoms with Crippen LogP contribution in [0, 0.1) is 10.1 Å². The Bertz CT molecular complexity index is 687. The largest absolute Gasteiger partial charge is 0.493 e. The van der Waals surface area contributed by atoms with E-state index in [1.807, 2.05) is 0 Å². The highest BCUT2D eigenvalue weighted by molar-refractivity contribution is 7.98. The molecule has 0 bridgehead atoms. The van der Waals surface area contributed by atoms with Crippen LogP contribution in [0.4, 0.5) is 11.6 Å². The highest BCUT2D eigenvalue weighted by Crippen LogP contribution is 2.37. The Balaban J connectivity index is 2.70. The summed E-state index contributed by atoms with van der Waals surface area (Å²) >= 11 is 1.28. The van der Waals surface area contributed by atoms with Crippen LogP contribution in [-0.2, 0) is 0 Å². The number of nitro benzene ring substituents is 1. The molecule has 1 aromatic heterocycles. The normalized spacial score (nSPS) is 10.4. The summed E-state index contributed by atoms with van der Waals surface area (Å²) in [5.74, 6) is 0.630. The Morgan fingerprint density at radius 1 is 1.33 bits per heavy atom. The summed E-state index contributed by atoms with van der Waals surface area (Å²) < 4.78 is 11.4. The molecular weight excluding hydrogens is 298 g/mol. The first-order chi connectivity index (χ1) is 10.0. The molecule has 0 atom stereocenters.